The first kappa shape index (κ1) is 27.7. The van der Waals surface area contributed by atoms with Crippen LogP contribution in [0.25, 0.3) is 5.69 Å². The molecule has 1 saturated heterocycles. The third kappa shape index (κ3) is 5.29. The lowest BCUT2D eigenvalue weighted by Gasteiger charge is -2.28. The molecule has 2 aromatic heterocycles. The molecule has 0 aliphatic carbocycles. The van der Waals surface area contributed by atoms with Crippen LogP contribution < -0.4 is 10.2 Å². The van der Waals surface area contributed by atoms with E-state index in [1.807, 2.05) is 24.4 Å². The lowest BCUT2D eigenvalue weighted by atomic mass is 9.96. The number of thiocarbonyl (C=S) groups is 1. The largest absolute Gasteiger partial charge is 0.351 e. The van der Waals surface area contributed by atoms with E-state index in [1.165, 1.54) is 23.3 Å². The van der Waals surface area contributed by atoms with Gasteiger partial charge in [0.2, 0.25) is 0 Å². The number of pyridine rings is 1. The maximum absolute atomic E-state index is 11.0. The maximum Gasteiger partial charge on any atom is 0.269 e. The summed E-state index contributed by atoms with van der Waals surface area (Å²) >= 11 is 7.52. The monoisotopic (exact) mass is 591 g/mol. The Morgan fingerprint density at radius 1 is 0.881 bits per heavy atom. The quantitative estimate of drug-likeness (QED) is 0.117. The predicted molar refractivity (Wildman–Crippen MR) is 172 cm³/mol. The van der Waals surface area contributed by atoms with Gasteiger partial charge in [-0.25, -0.2) is 0 Å². The highest BCUT2D eigenvalue weighted by atomic mass is 32.2. The van der Waals surface area contributed by atoms with Crippen molar-refractivity contribution in [1.29, 1.82) is 0 Å². The second-order valence-electron chi connectivity index (χ2n) is 10.3. The summed E-state index contributed by atoms with van der Waals surface area (Å²) in [5.41, 5.74) is 7.83. The minimum Gasteiger partial charge on any atom is -0.351 e. The van der Waals surface area contributed by atoms with E-state index in [1.54, 1.807) is 23.9 Å². The van der Waals surface area contributed by atoms with Crippen molar-refractivity contribution < 1.29 is 4.92 Å². The first-order valence-electron chi connectivity index (χ1n) is 13.6. The lowest BCUT2D eigenvalue weighted by Crippen LogP contribution is -2.29. The molecular formula is C33H29N5O2S2. The first-order valence-corrected chi connectivity index (χ1v) is 14.8. The van der Waals surface area contributed by atoms with Gasteiger partial charge < -0.3 is 14.8 Å². The Balaban J connectivity index is 1.37. The van der Waals surface area contributed by atoms with Crippen LogP contribution in [-0.4, -0.2) is 19.6 Å². The van der Waals surface area contributed by atoms with Gasteiger partial charge in [0.05, 0.1) is 22.7 Å². The van der Waals surface area contributed by atoms with Gasteiger partial charge in [0.25, 0.3) is 5.69 Å². The molecule has 42 heavy (non-hydrogen) atoms. The van der Waals surface area contributed by atoms with E-state index < -0.39 is 0 Å². The van der Waals surface area contributed by atoms with Crippen molar-refractivity contribution in [2.75, 3.05) is 4.90 Å². The summed E-state index contributed by atoms with van der Waals surface area (Å²) in [5.74, 6) is 0. The highest BCUT2D eigenvalue weighted by molar-refractivity contribution is 7.99. The van der Waals surface area contributed by atoms with Crippen LogP contribution in [0.4, 0.5) is 11.4 Å². The van der Waals surface area contributed by atoms with Gasteiger partial charge in [0.1, 0.15) is 0 Å². The molecule has 0 radical (unpaired) electrons. The highest BCUT2D eigenvalue weighted by Crippen LogP contribution is 2.44. The van der Waals surface area contributed by atoms with Crippen LogP contribution in [0.15, 0.2) is 113 Å². The summed E-state index contributed by atoms with van der Waals surface area (Å²) in [6, 6.07) is 31.4. The SMILES string of the molecule is Cc1cccc(-n2c(C)cc([C@@H]3[C@@H](c4ccccn4)NC(=S)N3c3ccc(Sc4ccc([N+](=O)[O-])cc4)cc3)c2C)c1. The van der Waals surface area contributed by atoms with Crippen LogP contribution in [-0.2, 0) is 0 Å². The molecule has 3 heterocycles. The molecule has 1 N–H and O–H groups in total. The Hall–Kier alpha value is -4.47. The van der Waals surface area contributed by atoms with Gasteiger partial charge in [-0.3, -0.25) is 15.1 Å². The number of aromatic nitrogens is 2. The fraction of sp³-hybridized carbons (Fsp3) is 0.152. The van der Waals surface area contributed by atoms with Gasteiger partial charge in [-0.1, -0.05) is 30.0 Å². The van der Waals surface area contributed by atoms with Crippen LogP contribution in [0.2, 0.25) is 0 Å². The average Bonchev–Trinajstić information content (AvgIpc) is 3.48. The molecule has 6 rings (SSSR count). The van der Waals surface area contributed by atoms with Crippen LogP contribution in [0, 0.1) is 30.9 Å². The standard InChI is InChI=1S/C33H29N5O2S2/c1-21-7-6-8-26(19-21)36-22(2)20-29(23(36)3)32-31(30-9-4-5-18-34-30)35-33(41)37(32)24-10-14-27(15-11-24)42-28-16-12-25(13-17-28)38(39)40/h4-20,31-32H,1-3H3,(H,35,41)/t31-,32-/m1/s1. The zero-order valence-corrected chi connectivity index (χ0v) is 25.0. The van der Waals surface area contributed by atoms with E-state index in [0.717, 1.165) is 38.2 Å². The second kappa shape index (κ2) is 11.4. The lowest BCUT2D eigenvalue weighted by molar-refractivity contribution is -0.384. The summed E-state index contributed by atoms with van der Waals surface area (Å²) in [5, 5.41) is 15.2. The molecule has 5 aromatic rings. The molecule has 0 unspecified atom stereocenters. The number of rotatable bonds is 7. The smallest absolute Gasteiger partial charge is 0.269 e. The highest BCUT2D eigenvalue weighted by Gasteiger charge is 2.42. The van der Waals surface area contributed by atoms with Crippen molar-refractivity contribution in [2.45, 2.75) is 42.6 Å². The molecule has 7 nitrogen and oxygen atoms in total. The third-order valence-electron chi connectivity index (χ3n) is 7.55. The number of nitrogens with zero attached hydrogens (tertiary/aromatic N) is 4. The van der Waals surface area contributed by atoms with Crippen LogP contribution in [0.3, 0.4) is 0 Å². The normalized spacial score (nSPS) is 16.5. The molecule has 1 fully saturated rings. The summed E-state index contributed by atoms with van der Waals surface area (Å²) in [6.07, 6.45) is 1.82. The van der Waals surface area contributed by atoms with Gasteiger partial charge in [-0.05, 0) is 111 Å². The Morgan fingerprint density at radius 2 is 1.60 bits per heavy atom. The van der Waals surface area contributed by atoms with Gasteiger partial charge in [-0.15, -0.1) is 0 Å². The number of nitro benzene ring substituents is 1. The number of benzene rings is 3. The topological polar surface area (TPSA) is 76.2 Å². The molecule has 0 amide bonds. The molecule has 0 bridgehead atoms. The minimum atomic E-state index is -0.386. The van der Waals surface area contributed by atoms with E-state index in [2.05, 4.69) is 90.2 Å². The molecule has 3 aromatic carbocycles. The third-order valence-corrected chi connectivity index (χ3v) is 8.88. The predicted octanol–water partition coefficient (Wildman–Crippen LogP) is 8.03. The fourth-order valence-electron chi connectivity index (χ4n) is 5.65. The Bertz CT molecular complexity index is 1770. The zero-order valence-electron chi connectivity index (χ0n) is 23.4. The van der Waals surface area contributed by atoms with E-state index >= 15 is 0 Å². The van der Waals surface area contributed by atoms with E-state index in [9.17, 15) is 10.1 Å². The number of non-ortho nitro benzene ring substituents is 1. The van der Waals surface area contributed by atoms with Gasteiger partial charge in [-0.2, -0.15) is 0 Å². The molecule has 0 spiro atoms. The maximum atomic E-state index is 11.0. The summed E-state index contributed by atoms with van der Waals surface area (Å²) in [6.45, 7) is 6.42. The summed E-state index contributed by atoms with van der Waals surface area (Å²) in [7, 11) is 0. The molecule has 0 saturated carbocycles. The molecule has 210 valence electrons. The van der Waals surface area contributed by atoms with E-state index in [0.29, 0.717) is 5.11 Å². The van der Waals surface area contributed by atoms with Gasteiger partial charge in [0, 0.05) is 50.9 Å². The Kier molecular flexibility index (Phi) is 7.53. The van der Waals surface area contributed by atoms with Crippen molar-refractivity contribution in [3.8, 4) is 5.69 Å². The number of hydrogen-bond acceptors (Lipinski definition) is 5. The van der Waals surface area contributed by atoms with Gasteiger partial charge >= 0.3 is 0 Å². The first-order chi connectivity index (χ1) is 20.3. The second-order valence-corrected chi connectivity index (χ2v) is 11.9. The van der Waals surface area contributed by atoms with Crippen molar-refractivity contribution in [3.63, 3.8) is 0 Å². The minimum absolute atomic E-state index is 0.0833. The van der Waals surface area contributed by atoms with Crippen molar-refractivity contribution in [1.82, 2.24) is 14.9 Å². The van der Waals surface area contributed by atoms with Crippen LogP contribution in [0.5, 0.6) is 0 Å². The van der Waals surface area contributed by atoms with Gasteiger partial charge in [0.15, 0.2) is 5.11 Å². The van der Waals surface area contributed by atoms with E-state index in [4.69, 9.17) is 17.2 Å². The van der Waals surface area contributed by atoms with Crippen molar-refractivity contribution in [3.05, 3.63) is 142 Å². The molecule has 1 aliphatic heterocycles. The van der Waals surface area contributed by atoms with Crippen LogP contribution >= 0.6 is 24.0 Å². The number of nitro groups is 1. The van der Waals surface area contributed by atoms with Crippen molar-refractivity contribution in [2.24, 2.45) is 0 Å². The molecule has 1 aliphatic rings. The average molecular weight is 592 g/mol. The number of anilines is 1. The zero-order chi connectivity index (χ0) is 29.4. The fourth-order valence-corrected chi connectivity index (χ4v) is 6.81. The molecular weight excluding hydrogens is 563 g/mol. The number of aryl methyl sites for hydroxylation is 2. The molecule has 2 atom stereocenters. The number of hydrogen-bond donors (Lipinski definition) is 1. The summed E-state index contributed by atoms with van der Waals surface area (Å²) < 4.78 is 2.31. The molecule has 9 heteroatoms. The number of nitrogens with one attached hydrogen (secondary N) is 1. The van der Waals surface area contributed by atoms with E-state index in [-0.39, 0.29) is 22.7 Å². The van der Waals surface area contributed by atoms with Crippen LogP contribution in [0.1, 0.15) is 40.3 Å². The Morgan fingerprint density at radius 3 is 2.24 bits per heavy atom. The summed E-state index contributed by atoms with van der Waals surface area (Å²) in [4.78, 5) is 19.5. The van der Waals surface area contributed by atoms with Crippen molar-refractivity contribution >= 4 is 40.5 Å². The Labute approximate surface area is 254 Å².